The van der Waals surface area contributed by atoms with Crippen molar-refractivity contribution in [3.63, 3.8) is 0 Å². The van der Waals surface area contributed by atoms with Gasteiger partial charge in [-0.05, 0) is 39.2 Å². The Morgan fingerprint density at radius 3 is 2.42 bits per heavy atom. The summed E-state index contributed by atoms with van der Waals surface area (Å²) in [7, 11) is 0. The Morgan fingerprint density at radius 2 is 1.89 bits per heavy atom. The summed E-state index contributed by atoms with van der Waals surface area (Å²) >= 11 is 0. The third-order valence-corrected chi connectivity index (χ3v) is 3.04. The highest BCUT2D eigenvalue weighted by Gasteiger charge is 2.31. The van der Waals surface area contributed by atoms with E-state index in [-0.39, 0.29) is 5.97 Å². The minimum absolute atomic E-state index is 0.129. The van der Waals surface area contributed by atoms with Crippen molar-refractivity contribution in [1.82, 2.24) is 4.90 Å². The SMILES string of the molecule is CC(C)(C)OC(=O)CN(Cc1ccccc1)C1CC1. The van der Waals surface area contributed by atoms with Gasteiger partial charge in [-0.3, -0.25) is 9.69 Å². The molecular formula is C16H23NO2. The van der Waals surface area contributed by atoms with E-state index in [0.29, 0.717) is 12.6 Å². The molecule has 1 aromatic rings. The number of rotatable bonds is 5. The molecule has 0 bridgehead atoms. The third-order valence-electron chi connectivity index (χ3n) is 3.04. The molecule has 1 aliphatic rings. The number of esters is 1. The Kier molecular flexibility index (Phi) is 4.25. The molecule has 0 saturated heterocycles. The molecule has 0 amide bonds. The minimum Gasteiger partial charge on any atom is -0.459 e. The summed E-state index contributed by atoms with van der Waals surface area (Å²) < 4.78 is 5.40. The van der Waals surface area contributed by atoms with Crippen molar-refractivity contribution in [2.45, 2.75) is 51.8 Å². The zero-order valence-corrected chi connectivity index (χ0v) is 12.1. The maximum atomic E-state index is 11.9. The molecule has 0 aliphatic heterocycles. The minimum atomic E-state index is -0.404. The Bertz CT molecular complexity index is 418. The summed E-state index contributed by atoms with van der Waals surface area (Å²) in [6.07, 6.45) is 2.38. The van der Waals surface area contributed by atoms with Crippen LogP contribution < -0.4 is 0 Å². The van der Waals surface area contributed by atoms with E-state index in [9.17, 15) is 4.79 Å². The second-order valence-corrected chi connectivity index (χ2v) is 6.21. The zero-order chi connectivity index (χ0) is 13.9. The largest absolute Gasteiger partial charge is 0.459 e. The summed E-state index contributed by atoms with van der Waals surface area (Å²) in [6.45, 7) is 6.93. The summed E-state index contributed by atoms with van der Waals surface area (Å²) in [4.78, 5) is 14.2. The van der Waals surface area contributed by atoms with Crippen molar-refractivity contribution in [3.05, 3.63) is 35.9 Å². The molecule has 1 saturated carbocycles. The zero-order valence-electron chi connectivity index (χ0n) is 12.1. The first-order valence-corrected chi connectivity index (χ1v) is 6.94. The van der Waals surface area contributed by atoms with Gasteiger partial charge in [-0.25, -0.2) is 0 Å². The topological polar surface area (TPSA) is 29.5 Å². The number of nitrogens with zero attached hydrogens (tertiary/aromatic N) is 1. The molecule has 0 atom stereocenters. The predicted octanol–water partition coefficient (Wildman–Crippen LogP) is 2.99. The number of carbonyl (C=O) groups excluding carboxylic acids is 1. The molecule has 19 heavy (non-hydrogen) atoms. The van der Waals surface area contributed by atoms with Crippen LogP contribution in [-0.4, -0.2) is 29.1 Å². The van der Waals surface area contributed by atoms with E-state index in [2.05, 4.69) is 17.0 Å². The average Bonchev–Trinajstić information content (AvgIpc) is 3.10. The molecule has 2 rings (SSSR count). The van der Waals surface area contributed by atoms with Gasteiger partial charge in [-0.1, -0.05) is 30.3 Å². The average molecular weight is 261 g/mol. The number of benzene rings is 1. The van der Waals surface area contributed by atoms with Crippen LogP contribution in [0.5, 0.6) is 0 Å². The first-order valence-electron chi connectivity index (χ1n) is 6.94. The molecule has 1 fully saturated rings. The normalized spacial score (nSPS) is 15.6. The van der Waals surface area contributed by atoms with Crippen LogP contribution in [0.3, 0.4) is 0 Å². The van der Waals surface area contributed by atoms with Crippen LogP contribution in [0.15, 0.2) is 30.3 Å². The Balaban J connectivity index is 1.92. The van der Waals surface area contributed by atoms with Gasteiger partial charge in [0.15, 0.2) is 0 Å². The molecule has 1 aliphatic carbocycles. The van der Waals surface area contributed by atoms with Gasteiger partial charge in [0.1, 0.15) is 5.60 Å². The van der Waals surface area contributed by atoms with E-state index in [4.69, 9.17) is 4.74 Å². The summed E-state index contributed by atoms with van der Waals surface area (Å²) in [5.41, 5.74) is 0.844. The molecule has 104 valence electrons. The van der Waals surface area contributed by atoms with Gasteiger partial charge in [0.05, 0.1) is 6.54 Å². The van der Waals surface area contributed by atoms with Crippen molar-refractivity contribution in [2.75, 3.05) is 6.54 Å². The molecule has 0 heterocycles. The van der Waals surface area contributed by atoms with Crippen LogP contribution in [0.4, 0.5) is 0 Å². The molecule has 1 aromatic carbocycles. The lowest BCUT2D eigenvalue weighted by atomic mass is 10.2. The van der Waals surface area contributed by atoms with Gasteiger partial charge in [0.2, 0.25) is 0 Å². The molecule has 0 radical (unpaired) electrons. The second-order valence-electron chi connectivity index (χ2n) is 6.21. The van der Waals surface area contributed by atoms with Crippen molar-refractivity contribution < 1.29 is 9.53 Å². The highest BCUT2D eigenvalue weighted by molar-refractivity contribution is 5.72. The summed E-state index contributed by atoms with van der Waals surface area (Å²) in [5, 5.41) is 0. The van der Waals surface area contributed by atoms with Crippen molar-refractivity contribution in [2.24, 2.45) is 0 Å². The molecule has 0 aromatic heterocycles. The van der Waals surface area contributed by atoms with E-state index in [0.717, 1.165) is 6.54 Å². The molecule has 3 nitrogen and oxygen atoms in total. The number of ether oxygens (including phenoxy) is 1. The van der Waals surface area contributed by atoms with Crippen LogP contribution in [0.25, 0.3) is 0 Å². The third kappa shape index (κ3) is 5.03. The number of hydrogen-bond acceptors (Lipinski definition) is 3. The Labute approximate surface area is 115 Å². The molecular weight excluding hydrogens is 238 g/mol. The van der Waals surface area contributed by atoms with Crippen LogP contribution in [0.1, 0.15) is 39.2 Å². The van der Waals surface area contributed by atoms with E-state index in [1.54, 1.807) is 0 Å². The van der Waals surface area contributed by atoms with Crippen molar-refractivity contribution in [1.29, 1.82) is 0 Å². The first kappa shape index (κ1) is 14.1. The highest BCUT2D eigenvalue weighted by Crippen LogP contribution is 2.28. The van der Waals surface area contributed by atoms with Crippen LogP contribution >= 0.6 is 0 Å². The van der Waals surface area contributed by atoms with Gasteiger partial charge in [0, 0.05) is 12.6 Å². The van der Waals surface area contributed by atoms with E-state index in [1.807, 2.05) is 39.0 Å². The van der Waals surface area contributed by atoms with E-state index < -0.39 is 5.60 Å². The lowest BCUT2D eigenvalue weighted by Gasteiger charge is -2.25. The lowest BCUT2D eigenvalue weighted by Crippen LogP contribution is -2.35. The van der Waals surface area contributed by atoms with E-state index >= 15 is 0 Å². The van der Waals surface area contributed by atoms with Gasteiger partial charge >= 0.3 is 5.97 Å². The number of carbonyl (C=O) groups is 1. The standard InChI is InChI=1S/C16H23NO2/c1-16(2,3)19-15(18)12-17(14-9-10-14)11-13-7-5-4-6-8-13/h4-8,14H,9-12H2,1-3H3. The van der Waals surface area contributed by atoms with Crippen LogP contribution in [-0.2, 0) is 16.1 Å². The fraction of sp³-hybridized carbons (Fsp3) is 0.562. The van der Waals surface area contributed by atoms with Gasteiger partial charge in [-0.15, -0.1) is 0 Å². The predicted molar refractivity (Wildman–Crippen MR) is 75.7 cm³/mol. The molecule has 3 heteroatoms. The highest BCUT2D eigenvalue weighted by atomic mass is 16.6. The van der Waals surface area contributed by atoms with Crippen LogP contribution in [0, 0.1) is 0 Å². The maximum Gasteiger partial charge on any atom is 0.320 e. The van der Waals surface area contributed by atoms with E-state index in [1.165, 1.54) is 18.4 Å². The summed E-state index contributed by atoms with van der Waals surface area (Å²) in [6, 6.07) is 10.8. The Hall–Kier alpha value is -1.35. The monoisotopic (exact) mass is 261 g/mol. The second kappa shape index (κ2) is 5.74. The fourth-order valence-electron chi connectivity index (χ4n) is 2.11. The molecule has 0 spiro atoms. The Morgan fingerprint density at radius 1 is 1.26 bits per heavy atom. The van der Waals surface area contributed by atoms with Crippen LogP contribution in [0.2, 0.25) is 0 Å². The molecule has 0 unspecified atom stereocenters. The first-order chi connectivity index (χ1) is 8.94. The lowest BCUT2D eigenvalue weighted by molar-refractivity contribution is -0.156. The fourth-order valence-corrected chi connectivity index (χ4v) is 2.11. The molecule has 0 N–H and O–H groups in total. The van der Waals surface area contributed by atoms with Crippen molar-refractivity contribution >= 4 is 5.97 Å². The van der Waals surface area contributed by atoms with Crippen molar-refractivity contribution in [3.8, 4) is 0 Å². The maximum absolute atomic E-state index is 11.9. The number of hydrogen-bond donors (Lipinski definition) is 0. The smallest absolute Gasteiger partial charge is 0.320 e. The summed E-state index contributed by atoms with van der Waals surface area (Å²) in [5.74, 6) is -0.129. The van der Waals surface area contributed by atoms with Gasteiger partial charge < -0.3 is 4.74 Å². The van der Waals surface area contributed by atoms with Gasteiger partial charge in [-0.2, -0.15) is 0 Å². The van der Waals surface area contributed by atoms with Gasteiger partial charge in [0.25, 0.3) is 0 Å². The quantitative estimate of drug-likeness (QED) is 0.763.